The van der Waals surface area contributed by atoms with Gasteiger partial charge >= 0.3 is 0 Å². The summed E-state index contributed by atoms with van der Waals surface area (Å²) in [4.78, 5) is 16.8. The molecule has 0 atom stereocenters. The Labute approximate surface area is 178 Å². The maximum Gasteiger partial charge on any atom is 0.225 e. The zero-order valence-electron chi connectivity index (χ0n) is 17.7. The van der Waals surface area contributed by atoms with E-state index in [0.717, 1.165) is 75.1 Å². The molecular formula is C24H31FN4O. The number of aromatic nitrogens is 2. The van der Waals surface area contributed by atoms with Crippen molar-refractivity contribution >= 4 is 5.91 Å². The maximum absolute atomic E-state index is 13.4. The van der Waals surface area contributed by atoms with Gasteiger partial charge in [-0.2, -0.15) is 5.10 Å². The van der Waals surface area contributed by atoms with Crippen molar-refractivity contribution < 1.29 is 9.18 Å². The molecule has 0 radical (unpaired) electrons. The number of nitrogens with zero attached hydrogens (tertiary/aromatic N) is 3. The Morgan fingerprint density at radius 2 is 2.10 bits per heavy atom. The lowest BCUT2D eigenvalue weighted by Gasteiger charge is -2.32. The largest absolute Gasteiger partial charge is 0.346 e. The molecule has 1 fully saturated rings. The first-order valence-corrected chi connectivity index (χ1v) is 10.8. The molecule has 0 spiro atoms. The third kappa shape index (κ3) is 6.17. The van der Waals surface area contributed by atoms with Gasteiger partial charge in [0.2, 0.25) is 5.91 Å². The summed E-state index contributed by atoms with van der Waals surface area (Å²) in [6.45, 7) is 3.30. The highest BCUT2D eigenvalue weighted by Crippen LogP contribution is 2.20. The standard InChI is InChI=1S/C24H31FN4O/c1-3-13-29-15-11-19(12-16-29)24(30)28(2)14-6-4-5-10-22-18-23(27-26-22)20-8-7-9-21(25)17-20/h1,7-9,17-19H,4-6,10-16H2,2H3,(H,26,27). The number of terminal acetylenes is 1. The number of benzene rings is 1. The highest BCUT2D eigenvalue weighted by atomic mass is 19.1. The summed E-state index contributed by atoms with van der Waals surface area (Å²) in [5, 5.41) is 7.33. The van der Waals surface area contributed by atoms with Gasteiger partial charge in [0.1, 0.15) is 5.82 Å². The van der Waals surface area contributed by atoms with Crippen LogP contribution in [0.3, 0.4) is 0 Å². The number of carbonyl (C=O) groups excluding carboxylic acids is 1. The van der Waals surface area contributed by atoms with Crippen LogP contribution in [0.25, 0.3) is 11.3 Å². The molecule has 6 heteroatoms. The second-order valence-corrected chi connectivity index (χ2v) is 8.11. The van der Waals surface area contributed by atoms with Crippen LogP contribution in [0.2, 0.25) is 0 Å². The van der Waals surface area contributed by atoms with Gasteiger partial charge in [-0.05, 0) is 63.4 Å². The van der Waals surface area contributed by atoms with Gasteiger partial charge in [0.15, 0.2) is 0 Å². The van der Waals surface area contributed by atoms with Crippen LogP contribution in [0.5, 0.6) is 0 Å². The number of carbonyl (C=O) groups is 1. The maximum atomic E-state index is 13.4. The Hall–Kier alpha value is -2.65. The third-order valence-corrected chi connectivity index (χ3v) is 5.82. The number of unbranched alkanes of at least 4 members (excludes halogenated alkanes) is 2. The molecule has 160 valence electrons. The van der Waals surface area contributed by atoms with E-state index in [4.69, 9.17) is 6.42 Å². The number of aromatic amines is 1. The second kappa shape index (κ2) is 10.9. The van der Waals surface area contributed by atoms with Crippen LogP contribution in [-0.2, 0) is 11.2 Å². The number of nitrogens with one attached hydrogen (secondary N) is 1. The molecule has 1 amide bonds. The van der Waals surface area contributed by atoms with Crippen LogP contribution in [0.1, 0.15) is 37.8 Å². The molecule has 0 unspecified atom stereocenters. The van der Waals surface area contributed by atoms with Gasteiger partial charge in [0, 0.05) is 30.8 Å². The number of hydrogen-bond acceptors (Lipinski definition) is 3. The third-order valence-electron chi connectivity index (χ3n) is 5.82. The molecule has 30 heavy (non-hydrogen) atoms. The number of likely N-dealkylation sites (tertiary alicyclic amines) is 1. The fourth-order valence-corrected chi connectivity index (χ4v) is 4.02. The molecule has 0 aliphatic carbocycles. The highest BCUT2D eigenvalue weighted by Gasteiger charge is 2.26. The lowest BCUT2D eigenvalue weighted by Crippen LogP contribution is -2.41. The summed E-state index contributed by atoms with van der Waals surface area (Å²) in [5.74, 6) is 2.82. The van der Waals surface area contributed by atoms with E-state index < -0.39 is 0 Å². The molecule has 1 N–H and O–H groups in total. The monoisotopic (exact) mass is 410 g/mol. The Morgan fingerprint density at radius 3 is 2.83 bits per heavy atom. The Kier molecular flexibility index (Phi) is 8.04. The Morgan fingerprint density at radius 1 is 1.30 bits per heavy atom. The average molecular weight is 411 g/mol. The molecule has 3 rings (SSSR count). The van der Waals surface area contributed by atoms with E-state index in [-0.39, 0.29) is 17.6 Å². The molecule has 2 aromatic rings. The fourth-order valence-electron chi connectivity index (χ4n) is 4.02. The predicted molar refractivity (Wildman–Crippen MR) is 117 cm³/mol. The van der Waals surface area contributed by atoms with E-state index in [9.17, 15) is 9.18 Å². The summed E-state index contributed by atoms with van der Waals surface area (Å²) < 4.78 is 13.4. The van der Waals surface area contributed by atoms with Crippen molar-refractivity contribution in [2.24, 2.45) is 5.92 Å². The summed E-state index contributed by atoms with van der Waals surface area (Å²) in [5.41, 5.74) is 2.60. The van der Waals surface area contributed by atoms with Crippen molar-refractivity contribution in [1.29, 1.82) is 0 Å². The van der Waals surface area contributed by atoms with Crippen LogP contribution in [-0.4, -0.2) is 59.1 Å². The van der Waals surface area contributed by atoms with E-state index in [2.05, 4.69) is 21.0 Å². The molecule has 1 aromatic heterocycles. The van der Waals surface area contributed by atoms with E-state index >= 15 is 0 Å². The molecule has 1 aliphatic heterocycles. The minimum Gasteiger partial charge on any atom is -0.346 e. The lowest BCUT2D eigenvalue weighted by molar-refractivity contribution is -0.135. The summed E-state index contributed by atoms with van der Waals surface area (Å²) in [6.07, 6.45) is 11.1. The number of piperidine rings is 1. The first-order chi connectivity index (χ1) is 14.6. The molecule has 0 saturated carbocycles. The van der Waals surface area contributed by atoms with Gasteiger partial charge in [-0.1, -0.05) is 24.5 Å². The topological polar surface area (TPSA) is 52.2 Å². The zero-order chi connectivity index (χ0) is 21.3. The van der Waals surface area contributed by atoms with E-state index in [1.807, 2.05) is 24.1 Å². The normalized spacial score (nSPS) is 15.1. The Balaban J connectivity index is 1.33. The average Bonchev–Trinajstić information content (AvgIpc) is 3.23. The van der Waals surface area contributed by atoms with Gasteiger partial charge < -0.3 is 4.90 Å². The lowest BCUT2D eigenvalue weighted by atomic mass is 9.95. The van der Waals surface area contributed by atoms with Crippen molar-refractivity contribution in [2.45, 2.75) is 38.5 Å². The first-order valence-electron chi connectivity index (χ1n) is 10.8. The van der Waals surface area contributed by atoms with Crippen molar-refractivity contribution in [3.63, 3.8) is 0 Å². The highest BCUT2D eigenvalue weighted by molar-refractivity contribution is 5.78. The molecular weight excluding hydrogens is 379 g/mol. The fraction of sp³-hybridized carbons (Fsp3) is 0.500. The number of amides is 1. The number of halogens is 1. The summed E-state index contributed by atoms with van der Waals surface area (Å²) in [6, 6.07) is 8.45. The van der Waals surface area contributed by atoms with Crippen molar-refractivity contribution in [3.05, 3.63) is 41.8 Å². The van der Waals surface area contributed by atoms with E-state index in [1.165, 1.54) is 12.1 Å². The smallest absolute Gasteiger partial charge is 0.225 e. The van der Waals surface area contributed by atoms with Crippen LogP contribution in [0.15, 0.2) is 30.3 Å². The van der Waals surface area contributed by atoms with Gasteiger partial charge in [0.25, 0.3) is 0 Å². The summed E-state index contributed by atoms with van der Waals surface area (Å²) in [7, 11) is 1.91. The number of hydrogen-bond donors (Lipinski definition) is 1. The number of H-pyrrole nitrogens is 1. The molecule has 1 aromatic carbocycles. The van der Waals surface area contributed by atoms with Crippen LogP contribution < -0.4 is 0 Å². The number of rotatable bonds is 9. The minimum atomic E-state index is -0.256. The van der Waals surface area contributed by atoms with Crippen LogP contribution in [0, 0.1) is 24.1 Å². The second-order valence-electron chi connectivity index (χ2n) is 8.11. The van der Waals surface area contributed by atoms with Gasteiger partial charge in [-0.25, -0.2) is 4.39 Å². The van der Waals surface area contributed by atoms with E-state index in [0.29, 0.717) is 6.54 Å². The van der Waals surface area contributed by atoms with Gasteiger partial charge in [-0.3, -0.25) is 14.8 Å². The van der Waals surface area contributed by atoms with Crippen LogP contribution >= 0.6 is 0 Å². The molecule has 2 heterocycles. The molecule has 1 saturated heterocycles. The number of aryl methyl sites for hydroxylation is 1. The first kappa shape index (κ1) is 22.0. The van der Waals surface area contributed by atoms with Gasteiger partial charge in [0.05, 0.1) is 12.2 Å². The SMILES string of the molecule is C#CCN1CCC(C(=O)N(C)CCCCCc2cc(-c3cccc(F)c3)n[nH]2)CC1. The zero-order valence-corrected chi connectivity index (χ0v) is 17.7. The molecule has 1 aliphatic rings. The predicted octanol–water partition coefficient (Wildman–Crippen LogP) is 3.73. The summed E-state index contributed by atoms with van der Waals surface area (Å²) >= 11 is 0. The van der Waals surface area contributed by atoms with Crippen molar-refractivity contribution in [3.8, 4) is 23.6 Å². The quantitative estimate of drug-likeness (QED) is 0.506. The minimum absolute atomic E-state index is 0.135. The van der Waals surface area contributed by atoms with Crippen molar-refractivity contribution in [2.75, 3.05) is 33.2 Å². The van der Waals surface area contributed by atoms with E-state index in [1.54, 1.807) is 6.07 Å². The Bertz CT molecular complexity index is 864. The van der Waals surface area contributed by atoms with Gasteiger partial charge in [-0.15, -0.1) is 6.42 Å². The van der Waals surface area contributed by atoms with Crippen LogP contribution in [0.4, 0.5) is 4.39 Å². The molecule has 5 nitrogen and oxygen atoms in total. The van der Waals surface area contributed by atoms with Crippen molar-refractivity contribution in [1.82, 2.24) is 20.0 Å². The molecule has 0 bridgehead atoms.